The number of nitrogens with zero attached hydrogens (tertiary/aromatic N) is 3. The molecule has 5 rings (SSSR count). The molecule has 1 atom stereocenters. The summed E-state index contributed by atoms with van der Waals surface area (Å²) in [7, 11) is -0.262. The second kappa shape index (κ2) is 10.7. The topological polar surface area (TPSA) is 113 Å². The van der Waals surface area contributed by atoms with Crippen LogP contribution in [0.15, 0.2) is 36.4 Å². The molecule has 11 heteroatoms. The Morgan fingerprint density at radius 3 is 2.54 bits per heavy atom. The molecule has 0 saturated carbocycles. The molecule has 0 spiro atoms. The smallest absolute Gasteiger partial charge is 0.272 e. The zero-order chi connectivity index (χ0) is 29.7. The van der Waals surface area contributed by atoms with Gasteiger partial charge in [0.05, 0.1) is 30.3 Å². The molecule has 1 unspecified atom stereocenters. The van der Waals surface area contributed by atoms with Crippen LogP contribution in [0, 0.1) is 0 Å². The monoisotopic (exact) mass is 581 g/mol. The number of hydrogen-bond acceptors (Lipinski definition) is 6. The highest BCUT2D eigenvalue weighted by Crippen LogP contribution is 2.39. The van der Waals surface area contributed by atoms with Crippen molar-refractivity contribution in [1.82, 2.24) is 14.4 Å². The van der Waals surface area contributed by atoms with Crippen LogP contribution < -0.4 is 14.8 Å². The van der Waals surface area contributed by atoms with E-state index in [0.717, 1.165) is 60.9 Å². The molecule has 220 valence electrons. The first kappa shape index (κ1) is 28.9. The molecule has 2 saturated heterocycles. The van der Waals surface area contributed by atoms with Gasteiger partial charge in [-0.05, 0) is 41.2 Å². The van der Waals surface area contributed by atoms with Gasteiger partial charge in [0, 0.05) is 51.1 Å². The number of carbonyl (C=O) groups excluding carboxylic acids is 2. The minimum Gasteiger partial charge on any atom is -0.492 e. The highest BCUT2D eigenvalue weighted by Gasteiger charge is 2.35. The number of methoxy groups -OCH3 is 1. The van der Waals surface area contributed by atoms with E-state index < -0.39 is 10.0 Å². The van der Waals surface area contributed by atoms with E-state index in [0.29, 0.717) is 17.8 Å². The molecule has 2 N–H and O–H groups in total. The van der Waals surface area contributed by atoms with Gasteiger partial charge >= 0.3 is 0 Å². The summed E-state index contributed by atoms with van der Waals surface area (Å²) in [4.78, 5) is 30.2. The van der Waals surface area contributed by atoms with Crippen LogP contribution in [0.4, 0.5) is 11.4 Å². The average molecular weight is 582 g/mol. The first-order valence-corrected chi connectivity index (χ1v) is 15.7. The molecule has 0 bridgehead atoms. The minimum atomic E-state index is -3.59. The number of aryl methyl sites for hydroxylation is 1. The molecule has 2 fully saturated rings. The maximum Gasteiger partial charge on any atom is 0.272 e. The van der Waals surface area contributed by atoms with Crippen LogP contribution in [0.3, 0.4) is 0 Å². The van der Waals surface area contributed by atoms with Crippen molar-refractivity contribution in [1.29, 1.82) is 0 Å². The Bertz CT molecular complexity index is 1620. The van der Waals surface area contributed by atoms with Crippen molar-refractivity contribution < 1.29 is 22.7 Å². The number of anilines is 2. The first-order chi connectivity index (χ1) is 19.2. The van der Waals surface area contributed by atoms with Crippen molar-refractivity contribution in [2.75, 3.05) is 43.0 Å². The molecule has 10 nitrogen and oxygen atoms in total. The summed E-state index contributed by atoms with van der Waals surface area (Å²) in [6.07, 6.45) is 2.63. The highest BCUT2D eigenvalue weighted by atomic mass is 32.2. The van der Waals surface area contributed by atoms with E-state index in [4.69, 9.17) is 4.74 Å². The second-order valence-corrected chi connectivity index (χ2v) is 13.9. The number of amides is 2. The molecule has 2 aliphatic rings. The molecule has 0 aliphatic carbocycles. The predicted octanol–water partition coefficient (Wildman–Crippen LogP) is 3.91. The second-order valence-electron chi connectivity index (χ2n) is 12.1. The zero-order valence-corrected chi connectivity index (χ0v) is 25.4. The number of aromatic nitrogens is 1. The van der Waals surface area contributed by atoms with Crippen LogP contribution in [0.25, 0.3) is 10.9 Å². The molecule has 3 heterocycles. The number of fused-ring (bicyclic) bond motifs is 2. The Morgan fingerprint density at radius 1 is 1.12 bits per heavy atom. The van der Waals surface area contributed by atoms with Gasteiger partial charge in [-0.25, -0.2) is 8.42 Å². The average Bonchev–Trinajstić information content (AvgIpc) is 3.42. The third-order valence-corrected chi connectivity index (χ3v) is 8.64. The number of ether oxygens (including phenoxy) is 1. The third-order valence-electron chi connectivity index (χ3n) is 8.05. The maximum absolute atomic E-state index is 13.7. The quantitative estimate of drug-likeness (QED) is 0.438. The number of sulfonamides is 1. The third kappa shape index (κ3) is 5.92. The Morgan fingerprint density at radius 2 is 1.85 bits per heavy atom. The lowest BCUT2D eigenvalue weighted by atomic mass is 9.86. The first-order valence-electron chi connectivity index (χ1n) is 13.9. The van der Waals surface area contributed by atoms with Crippen LogP contribution in [0.1, 0.15) is 55.2 Å². The van der Waals surface area contributed by atoms with Gasteiger partial charge in [0.15, 0.2) is 5.75 Å². The number of nitrogens with one attached hydrogen (secondary N) is 2. The minimum absolute atomic E-state index is 0.237. The molecule has 1 aromatic heterocycles. The van der Waals surface area contributed by atoms with Gasteiger partial charge in [0.1, 0.15) is 5.69 Å². The van der Waals surface area contributed by atoms with Gasteiger partial charge in [-0.15, -0.1) is 0 Å². The number of carbonyl (C=O) groups is 2. The summed E-state index contributed by atoms with van der Waals surface area (Å²) in [6.45, 7) is 9.21. The summed E-state index contributed by atoms with van der Waals surface area (Å²) in [6, 6.07) is 11.8. The number of rotatable bonds is 7. The van der Waals surface area contributed by atoms with Gasteiger partial charge in [0.25, 0.3) is 5.91 Å². The van der Waals surface area contributed by atoms with E-state index in [-0.39, 0.29) is 34.7 Å². The molecule has 2 amide bonds. The van der Waals surface area contributed by atoms with Gasteiger partial charge < -0.3 is 19.5 Å². The van der Waals surface area contributed by atoms with Crippen LogP contribution in [-0.2, 0) is 33.8 Å². The van der Waals surface area contributed by atoms with Crippen molar-refractivity contribution >= 4 is 44.1 Å². The Labute approximate surface area is 241 Å². The lowest BCUT2D eigenvalue weighted by Gasteiger charge is -2.37. The van der Waals surface area contributed by atoms with Gasteiger partial charge in [-0.3, -0.25) is 19.2 Å². The van der Waals surface area contributed by atoms with Crippen molar-refractivity contribution in [3.63, 3.8) is 0 Å². The van der Waals surface area contributed by atoms with Gasteiger partial charge in [-0.2, -0.15) is 0 Å². The largest absolute Gasteiger partial charge is 0.492 e. The SMILES string of the molecule is COc1c(NC(=O)c2cc3cccc(CN4CCN5C(=O)CCC5C4)c3n2C)cc(C(C)(C)C)cc1NS(C)(=O)=O. The molecule has 2 aliphatic heterocycles. The van der Waals surface area contributed by atoms with E-state index in [1.165, 1.54) is 7.11 Å². The molecular weight excluding hydrogens is 542 g/mol. The number of benzene rings is 2. The zero-order valence-electron chi connectivity index (χ0n) is 24.6. The molecule has 2 aromatic carbocycles. The highest BCUT2D eigenvalue weighted by molar-refractivity contribution is 7.92. The van der Waals surface area contributed by atoms with Crippen LogP contribution in [0.2, 0.25) is 0 Å². The van der Waals surface area contributed by atoms with Crippen molar-refractivity contribution in [2.45, 2.75) is 51.6 Å². The summed E-state index contributed by atoms with van der Waals surface area (Å²) in [5, 5.41) is 3.94. The molecule has 0 radical (unpaired) electrons. The van der Waals surface area contributed by atoms with Crippen molar-refractivity contribution in [2.24, 2.45) is 7.05 Å². The Kier molecular flexibility index (Phi) is 7.54. The van der Waals surface area contributed by atoms with E-state index in [2.05, 4.69) is 21.0 Å². The lowest BCUT2D eigenvalue weighted by molar-refractivity contribution is -0.130. The lowest BCUT2D eigenvalue weighted by Crippen LogP contribution is -2.50. The van der Waals surface area contributed by atoms with Crippen molar-refractivity contribution in [3.8, 4) is 5.75 Å². The van der Waals surface area contributed by atoms with Gasteiger partial charge in [-0.1, -0.05) is 39.0 Å². The fourth-order valence-corrected chi connectivity index (χ4v) is 6.55. The van der Waals surface area contributed by atoms with Crippen LogP contribution >= 0.6 is 0 Å². The van der Waals surface area contributed by atoms with E-state index in [1.54, 1.807) is 6.07 Å². The Balaban J connectivity index is 1.45. The summed E-state index contributed by atoms with van der Waals surface area (Å²) < 4.78 is 34.2. The summed E-state index contributed by atoms with van der Waals surface area (Å²) in [5.74, 6) is 0.168. The molecular formula is C30H39N5O5S. The molecule has 41 heavy (non-hydrogen) atoms. The van der Waals surface area contributed by atoms with E-state index in [9.17, 15) is 18.0 Å². The summed E-state index contributed by atoms with van der Waals surface area (Å²) >= 11 is 0. The number of piperazine rings is 1. The normalized spacial score (nSPS) is 18.0. The molecule has 3 aromatic rings. The van der Waals surface area contributed by atoms with Crippen LogP contribution in [0.5, 0.6) is 5.75 Å². The number of hydrogen-bond donors (Lipinski definition) is 2. The number of para-hydroxylation sites is 1. The van der Waals surface area contributed by atoms with Gasteiger partial charge in [0.2, 0.25) is 15.9 Å². The van der Waals surface area contributed by atoms with E-state index in [1.807, 2.05) is 61.6 Å². The van der Waals surface area contributed by atoms with E-state index >= 15 is 0 Å². The Hall–Kier alpha value is -3.57. The standard InChI is InChI=1S/C30H39N5O5S/c1-30(2,3)21-15-23(28(40-5)24(16-21)32-41(6,38)39)31-29(37)25-14-19-8-7-9-20(27(19)33(25)4)17-34-12-13-35-22(18-34)10-11-26(35)36/h7-9,14-16,22,32H,10-13,17-18H2,1-6H3,(H,31,37). The predicted molar refractivity (Wildman–Crippen MR) is 161 cm³/mol. The van der Waals surface area contributed by atoms with Crippen molar-refractivity contribution in [3.05, 3.63) is 53.2 Å². The maximum atomic E-state index is 13.7. The fraction of sp³-hybridized carbons (Fsp3) is 0.467. The van der Waals surface area contributed by atoms with Crippen LogP contribution in [-0.4, -0.2) is 73.6 Å². The fourth-order valence-electron chi connectivity index (χ4n) is 6.00. The summed E-state index contributed by atoms with van der Waals surface area (Å²) in [5.41, 5.74) is 3.74.